The van der Waals surface area contributed by atoms with Crippen LogP contribution in [0.1, 0.15) is 0 Å². The van der Waals surface area contributed by atoms with Crippen molar-refractivity contribution in [2.45, 2.75) is 0 Å². The van der Waals surface area contributed by atoms with Gasteiger partial charge in [0.1, 0.15) is 0 Å². The molecular weight excluding hydrogens is 585 g/mol. The minimum Gasteiger partial charge on any atom is -0.305 e. The highest BCUT2D eigenvalue weighted by Gasteiger charge is 2.44. The second-order valence-corrected chi connectivity index (χ2v) is 17.1. The molecule has 0 aliphatic carbocycles. The lowest BCUT2D eigenvalue weighted by Gasteiger charge is -2.32. The highest BCUT2D eigenvalue weighted by molar-refractivity contribution is 7.07. The Hall–Kier alpha value is -5.21. The fourth-order valence-electron chi connectivity index (χ4n) is 5.74. The molecular formula is C39H34N2O2Si2. The summed E-state index contributed by atoms with van der Waals surface area (Å²) in [5.74, 6) is 0. The monoisotopic (exact) mass is 618 g/mol. The first kappa shape index (κ1) is 29.8. The third kappa shape index (κ3) is 6.37. The lowest BCUT2D eigenvalue weighted by atomic mass is 10.3. The van der Waals surface area contributed by atoms with Gasteiger partial charge >= 0.3 is 16.6 Å². The SMILES string of the molecule is C(=CNO[Si](c1ccccc1)(c1ccccc1)c1ccccc1)=CNO[Si](c1ccccc1)(c1ccccc1)c1ccccc1. The van der Waals surface area contributed by atoms with Crippen LogP contribution in [0.3, 0.4) is 0 Å². The maximum atomic E-state index is 6.73. The molecule has 2 N–H and O–H groups in total. The van der Waals surface area contributed by atoms with Crippen molar-refractivity contribution >= 4 is 47.8 Å². The number of hydrogen-bond acceptors (Lipinski definition) is 4. The molecule has 0 fully saturated rings. The summed E-state index contributed by atoms with van der Waals surface area (Å²) >= 11 is 0. The van der Waals surface area contributed by atoms with Crippen LogP contribution in [0.25, 0.3) is 0 Å². The van der Waals surface area contributed by atoms with Crippen LogP contribution in [-0.2, 0) is 9.05 Å². The topological polar surface area (TPSA) is 42.5 Å². The Morgan fingerprint density at radius 3 is 0.733 bits per heavy atom. The van der Waals surface area contributed by atoms with Gasteiger partial charge in [-0.2, -0.15) is 0 Å². The average molecular weight is 619 g/mol. The lowest BCUT2D eigenvalue weighted by Crippen LogP contribution is -2.70. The van der Waals surface area contributed by atoms with E-state index in [4.69, 9.17) is 9.05 Å². The second-order valence-electron chi connectivity index (χ2n) is 10.5. The first-order chi connectivity index (χ1) is 22.3. The Morgan fingerprint density at radius 2 is 0.533 bits per heavy atom. The van der Waals surface area contributed by atoms with Crippen LogP contribution in [0.5, 0.6) is 0 Å². The minimum atomic E-state index is -2.90. The molecule has 0 aliphatic rings. The van der Waals surface area contributed by atoms with Crippen molar-refractivity contribution in [3.05, 3.63) is 200 Å². The quantitative estimate of drug-likeness (QED) is 0.0943. The van der Waals surface area contributed by atoms with E-state index in [2.05, 4.69) is 162 Å². The number of benzene rings is 6. The minimum absolute atomic E-state index is 1.14. The van der Waals surface area contributed by atoms with E-state index < -0.39 is 16.6 Å². The zero-order chi connectivity index (χ0) is 30.6. The van der Waals surface area contributed by atoms with Crippen LogP contribution in [0.4, 0.5) is 0 Å². The molecule has 6 aromatic carbocycles. The van der Waals surface area contributed by atoms with Gasteiger partial charge in [0, 0.05) is 0 Å². The van der Waals surface area contributed by atoms with Gasteiger partial charge in [0.05, 0.1) is 12.4 Å². The van der Waals surface area contributed by atoms with Crippen LogP contribution >= 0.6 is 0 Å². The first-order valence-electron chi connectivity index (χ1n) is 14.9. The van der Waals surface area contributed by atoms with Crippen LogP contribution in [0.15, 0.2) is 200 Å². The molecule has 0 atom stereocenters. The van der Waals surface area contributed by atoms with Gasteiger partial charge in [0.25, 0.3) is 0 Å². The zero-order valence-corrected chi connectivity index (χ0v) is 26.8. The third-order valence-electron chi connectivity index (χ3n) is 7.79. The van der Waals surface area contributed by atoms with Gasteiger partial charge < -0.3 is 9.05 Å². The fraction of sp³-hybridized carbons (Fsp3) is 0. The first-order valence-corrected chi connectivity index (χ1v) is 18.8. The van der Waals surface area contributed by atoms with Crippen molar-refractivity contribution in [1.29, 1.82) is 0 Å². The second kappa shape index (κ2) is 14.5. The molecule has 220 valence electrons. The summed E-state index contributed by atoms with van der Waals surface area (Å²) in [5.41, 5.74) is 9.41. The summed E-state index contributed by atoms with van der Waals surface area (Å²) in [6.07, 6.45) is 3.34. The molecule has 0 saturated carbocycles. The molecule has 4 nitrogen and oxygen atoms in total. The molecule has 0 unspecified atom stereocenters. The molecule has 6 heteroatoms. The summed E-state index contributed by atoms with van der Waals surface area (Å²) < 4.78 is 13.5. The Bertz CT molecular complexity index is 1490. The Labute approximate surface area is 267 Å². The molecule has 6 aromatic rings. The number of rotatable bonds is 12. The van der Waals surface area contributed by atoms with E-state index in [9.17, 15) is 0 Å². The van der Waals surface area contributed by atoms with E-state index in [1.54, 1.807) is 12.4 Å². The van der Waals surface area contributed by atoms with Crippen molar-refractivity contribution in [1.82, 2.24) is 11.0 Å². The molecule has 0 radical (unpaired) electrons. The Morgan fingerprint density at radius 1 is 0.333 bits per heavy atom. The van der Waals surface area contributed by atoms with E-state index >= 15 is 0 Å². The largest absolute Gasteiger partial charge is 0.321 e. The summed E-state index contributed by atoms with van der Waals surface area (Å²) in [6.45, 7) is 0. The smallest absolute Gasteiger partial charge is 0.305 e. The van der Waals surface area contributed by atoms with Gasteiger partial charge in [-0.1, -0.05) is 188 Å². The molecule has 0 aromatic heterocycles. The third-order valence-corrected chi connectivity index (χ3v) is 15.5. The van der Waals surface area contributed by atoms with Crippen molar-refractivity contribution in [2.75, 3.05) is 0 Å². The number of hydroxylamine groups is 2. The van der Waals surface area contributed by atoms with Gasteiger partial charge in [-0.3, -0.25) is 11.0 Å². The zero-order valence-electron chi connectivity index (χ0n) is 24.8. The normalized spacial score (nSPS) is 11.2. The van der Waals surface area contributed by atoms with E-state index in [1.807, 2.05) is 36.4 Å². The predicted octanol–water partition coefficient (Wildman–Crippen LogP) is 3.99. The molecule has 45 heavy (non-hydrogen) atoms. The molecule has 0 aliphatic heterocycles. The molecule has 0 heterocycles. The van der Waals surface area contributed by atoms with Crippen molar-refractivity contribution in [3.8, 4) is 0 Å². The number of hydrogen-bond donors (Lipinski definition) is 2. The van der Waals surface area contributed by atoms with E-state index in [0.29, 0.717) is 0 Å². The van der Waals surface area contributed by atoms with Crippen LogP contribution in [-0.4, -0.2) is 16.6 Å². The van der Waals surface area contributed by atoms with Gasteiger partial charge in [0.2, 0.25) is 0 Å². The van der Waals surface area contributed by atoms with Gasteiger partial charge in [-0.25, -0.2) is 0 Å². The Balaban J connectivity index is 1.29. The van der Waals surface area contributed by atoms with Crippen LogP contribution in [0, 0.1) is 0 Å². The molecule has 0 saturated heterocycles. The fourth-order valence-corrected chi connectivity index (χ4v) is 12.9. The van der Waals surface area contributed by atoms with Crippen LogP contribution < -0.4 is 42.1 Å². The van der Waals surface area contributed by atoms with Crippen molar-refractivity contribution in [3.63, 3.8) is 0 Å². The van der Waals surface area contributed by atoms with E-state index in [0.717, 1.165) is 31.1 Å². The molecule has 0 spiro atoms. The summed E-state index contributed by atoms with van der Waals surface area (Å²) in [5, 5.41) is 6.82. The van der Waals surface area contributed by atoms with Crippen molar-refractivity contribution < 1.29 is 9.05 Å². The van der Waals surface area contributed by atoms with E-state index in [-0.39, 0.29) is 0 Å². The maximum Gasteiger partial charge on any atom is 0.321 e. The predicted molar refractivity (Wildman–Crippen MR) is 189 cm³/mol. The van der Waals surface area contributed by atoms with Gasteiger partial charge in [0.15, 0.2) is 0 Å². The van der Waals surface area contributed by atoms with E-state index in [1.165, 1.54) is 0 Å². The molecule has 6 rings (SSSR count). The summed E-state index contributed by atoms with van der Waals surface area (Å²) in [4.78, 5) is 0. The Kier molecular flexibility index (Phi) is 9.63. The maximum absolute atomic E-state index is 6.73. The summed E-state index contributed by atoms with van der Waals surface area (Å²) in [7, 11) is -5.79. The lowest BCUT2D eigenvalue weighted by molar-refractivity contribution is 0.242. The summed E-state index contributed by atoms with van der Waals surface area (Å²) in [6, 6.07) is 62.6. The van der Waals surface area contributed by atoms with Crippen molar-refractivity contribution in [2.24, 2.45) is 0 Å². The highest BCUT2D eigenvalue weighted by Crippen LogP contribution is 2.10. The molecule has 0 bridgehead atoms. The van der Waals surface area contributed by atoms with Gasteiger partial charge in [-0.05, 0) is 31.1 Å². The average Bonchev–Trinajstić information content (AvgIpc) is 3.13. The standard InChI is InChI=1S/C39H34N2O2Si2/c1-7-20-34(21-8-1)44(35-22-9-2-10-23-35,36-24-11-3-12-25-36)42-40-32-19-33-41-43-45(37-26-13-4-14-27-37,38-28-15-5-16-29-38)39-30-17-6-18-31-39/h1-18,20-33,40-41H. The van der Waals surface area contributed by atoms with Gasteiger partial charge in [-0.15, -0.1) is 0 Å². The highest BCUT2D eigenvalue weighted by atomic mass is 28.4. The van der Waals surface area contributed by atoms with Crippen LogP contribution in [0.2, 0.25) is 0 Å². The number of nitrogens with one attached hydrogen (secondary N) is 2. The molecule has 0 amide bonds.